The molecule has 0 fully saturated rings. The summed E-state index contributed by atoms with van der Waals surface area (Å²) in [5, 5.41) is 17.5. The van der Waals surface area contributed by atoms with E-state index >= 15 is 0 Å². The maximum atomic E-state index is 8.47. The van der Waals surface area contributed by atoms with Gasteiger partial charge in [0.25, 0.3) is 0 Å². The van der Waals surface area contributed by atoms with E-state index in [1.54, 1.807) is 0 Å². The molecule has 0 amide bonds. The highest BCUT2D eigenvalue weighted by molar-refractivity contribution is 7.10. The van der Waals surface area contributed by atoms with Crippen molar-refractivity contribution < 1.29 is 5.21 Å². The average Bonchev–Trinajstić information content (AvgIpc) is 3.04. The van der Waals surface area contributed by atoms with E-state index in [0.29, 0.717) is 11.6 Å². The molecule has 0 spiro atoms. The second kappa shape index (κ2) is 7.86. The van der Waals surface area contributed by atoms with Crippen molar-refractivity contribution in [1.29, 1.82) is 0 Å². The molecule has 24 heavy (non-hydrogen) atoms. The molecular formula is C18H18N4OS. The van der Waals surface area contributed by atoms with Crippen LogP contribution in [0, 0.1) is 17.8 Å². The van der Waals surface area contributed by atoms with Gasteiger partial charge in [0.2, 0.25) is 0 Å². The minimum Gasteiger partial charge on any atom is -0.411 e. The molecule has 5 nitrogen and oxygen atoms in total. The van der Waals surface area contributed by atoms with E-state index in [9.17, 15) is 0 Å². The molecule has 2 unspecified atom stereocenters. The van der Waals surface area contributed by atoms with Crippen LogP contribution in [0.4, 0.5) is 5.69 Å². The maximum Gasteiger partial charge on any atom is 0.167 e. The molecule has 0 saturated carbocycles. The summed E-state index contributed by atoms with van der Waals surface area (Å²) >= 11 is 1.44. The number of oxime groups is 1. The number of para-hydroxylation sites is 1. The zero-order valence-electron chi connectivity index (χ0n) is 13.3. The summed E-state index contributed by atoms with van der Waals surface area (Å²) in [7, 11) is 0. The second-order valence-corrected chi connectivity index (χ2v) is 6.36. The lowest BCUT2D eigenvalue weighted by Gasteiger charge is -2.27. The van der Waals surface area contributed by atoms with Gasteiger partial charge in [-0.05, 0) is 17.6 Å². The van der Waals surface area contributed by atoms with Crippen LogP contribution in [-0.4, -0.2) is 29.2 Å². The molecule has 0 bridgehead atoms. The number of fused-ring (bicyclic) bond motifs is 1. The molecule has 0 aliphatic carbocycles. The zero-order valence-corrected chi connectivity index (χ0v) is 14.1. The van der Waals surface area contributed by atoms with Gasteiger partial charge in [-0.25, -0.2) is 4.98 Å². The van der Waals surface area contributed by atoms with E-state index in [2.05, 4.69) is 51.3 Å². The van der Waals surface area contributed by atoms with Crippen LogP contribution >= 0.6 is 11.3 Å². The Bertz CT molecular complexity index is 816. The van der Waals surface area contributed by atoms with Crippen molar-refractivity contribution in [2.24, 2.45) is 16.1 Å². The monoisotopic (exact) mass is 338 g/mol. The molecule has 1 aliphatic heterocycles. The highest BCUT2D eigenvalue weighted by atomic mass is 32.1. The summed E-state index contributed by atoms with van der Waals surface area (Å²) < 4.78 is 0. The average molecular weight is 338 g/mol. The Morgan fingerprint density at radius 2 is 2.29 bits per heavy atom. The van der Waals surface area contributed by atoms with Crippen LogP contribution in [0.15, 0.2) is 39.8 Å². The fraction of sp³-hybridized carbons (Fsp3) is 0.278. The highest BCUT2D eigenvalue weighted by Crippen LogP contribution is 2.33. The minimum atomic E-state index is 0.271. The van der Waals surface area contributed by atoms with Crippen molar-refractivity contribution in [2.75, 3.05) is 6.54 Å². The Morgan fingerprint density at radius 3 is 3.17 bits per heavy atom. The van der Waals surface area contributed by atoms with E-state index in [0.717, 1.165) is 23.7 Å². The number of nitrogens with one attached hydrogen (secondary N) is 1. The van der Waals surface area contributed by atoms with Crippen LogP contribution in [0.3, 0.4) is 0 Å². The lowest BCUT2D eigenvalue weighted by atomic mass is 9.91. The van der Waals surface area contributed by atoms with Crippen LogP contribution in [0.2, 0.25) is 0 Å². The van der Waals surface area contributed by atoms with Crippen LogP contribution in [0.5, 0.6) is 0 Å². The first-order chi connectivity index (χ1) is 11.8. The Hall–Kier alpha value is -2.49. The van der Waals surface area contributed by atoms with Gasteiger partial charge in [-0.2, -0.15) is 0 Å². The van der Waals surface area contributed by atoms with Crippen molar-refractivity contribution in [3.05, 3.63) is 45.9 Å². The number of aliphatic imine (C=N–C) groups is 1. The first-order valence-electron chi connectivity index (χ1n) is 7.76. The lowest BCUT2D eigenvalue weighted by Crippen LogP contribution is -2.30. The van der Waals surface area contributed by atoms with Crippen LogP contribution in [-0.2, 0) is 0 Å². The van der Waals surface area contributed by atoms with Gasteiger partial charge >= 0.3 is 0 Å². The Balaban J connectivity index is 1.55. The third kappa shape index (κ3) is 3.88. The van der Waals surface area contributed by atoms with Crippen molar-refractivity contribution in [3.8, 4) is 11.8 Å². The maximum absolute atomic E-state index is 8.47. The molecular weight excluding hydrogens is 320 g/mol. The third-order valence-electron chi connectivity index (χ3n) is 3.77. The molecule has 2 N–H and O–H groups in total. The van der Waals surface area contributed by atoms with E-state index in [4.69, 9.17) is 5.21 Å². The first kappa shape index (κ1) is 16.4. The summed E-state index contributed by atoms with van der Waals surface area (Å²) in [5.41, 5.74) is 2.91. The normalized spacial score (nSPS) is 19.0. The fourth-order valence-corrected chi connectivity index (χ4v) is 3.26. The molecule has 2 aromatic rings. The SMILES string of the molecule is CC1C=Nc2ccccc2C1NCCC#Cc1nc(/C=N\O)cs1. The number of hydrogen-bond acceptors (Lipinski definition) is 6. The zero-order chi connectivity index (χ0) is 16.8. The molecule has 0 saturated heterocycles. The number of hydrogen-bond donors (Lipinski definition) is 2. The summed E-state index contributed by atoms with van der Waals surface area (Å²) in [6, 6.07) is 8.51. The van der Waals surface area contributed by atoms with Crippen molar-refractivity contribution >= 4 is 29.5 Å². The van der Waals surface area contributed by atoms with Crippen molar-refractivity contribution in [1.82, 2.24) is 10.3 Å². The van der Waals surface area contributed by atoms with Gasteiger partial charge in [-0.3, -0.25) is 4.99 Å². The van der Waals surface area contributed by atoms with Crippen LogP contribution in [0.1, 0.15) is 35.7 Å². The molecule has 6 heteroatoms. The van der Waals surface area contributed by atoms with Crippen molar-refractivity contribution in [3.63, 3.8) is 0 Å². The van der Waals surface area contributed by atoms with Gasteiger partial charge in [0, 0.05) is 36.5 Å². The summed E-state index contributed by atoms with van der Waals surface area (Å²) in [4.78, 5) is 8.72. The number of rotatable bonds is 4. The summed E-state index contributed by atoms with van der Waals surface area (Å²) in [6.45, 7) is 2.98. The van der Waals surface area contributed by atoms with Crippen LogP contribution in [0.25, 0.3) is 0 Å². The predicted octanol–water partition coefficient (Wildman–Crippen LogP) is 3.38. The Labute approximate surface area is 145 Å². The second-order valence-electron chi connectivity index (χ2n) is 5.50. The lowest BCUT2D eigenvalue weighted by molar-refractivity contribution is 0.321. The predicted molar refractivity (Wildman–Crippen MR) is 97.5 cm³/mol. The quantitative estimate of drug-likeness (QED) is 0.295. The molecule has 1 aromatic carbocycles. The molecule has 2 heterocycles. The van der Waals surface area contributed by atoms with Gasteiger partial charge < -0.3 is 10.5 Å². The topological polar surface area (TPSA) is 69.9 Å². The van der Waals surface area contributed by atoms with Gasteiger partial charge in [0.1, 0.15) is 0 Å². The Morgan fingerprint density at radius 1 is 1.42 bits per heavy atom. The molecule has 0 radical (unpaired) electrons. The molecule has 1 aromatic heterocycles. The molecule has 1 aliphatic rings. The Kier molecular flexibility index (Phi) is 5.36. The number of nitrogens with zero attached hydrogens (tertiary/aromatic N) is 3. The van der Waals surface area contributed by atoms with Gasteiger partial charge in [0.15, 0.2) is 5.01 Å². The number of aromatic nitrogens is 1. The standard InChI is InChI=1S/C18H18N4OS/c1-13-10-20-16-7-3-2-6-15(16)18(13)19-9-5-4-8-17-22-14(11-21-23)12-24-17/h2-3,6-7,10-13,18-19,23H,5,9H2,1H3/b21-11-. The minimum absolute atomic E-state index is 0.271. The van der Waals surface area contributed by atoms with Gasteiger partial charge in [-0.15, -0.1) is 11.3 Å². The molecule has 122 valence electrons. The van der Waals surface area contributed by atoms with Crippen LogP contribution < -0.4 is 5.32 Å². The highest BCUT2D eigenvalue weighted by Gasteiger charge is 2.22. The third-order valence-corrected chi connectivity index (χ3v) is 4.54. The summed E-state index contributed by atoms with van der Waals surface area (Å²) in [6.07, 6.45) is 4.05. The van der Waals surface area contributed by atoms with E-state index in [1.807, 2.05) is 23.7 Å². The number of thiazole rings is 1. The van der Waals surface area contributed by atoms with Gasteiger partial charge in [-0.1, -0.05) is 36.2 Å². The molecule has 3 rings (SSSR count). The first-order valence-corrected chi connectivity index (χ1v) is 8.64. The summed E-state index contributed by atoms with van der Waals surface area (Å²) in [5.74, 6) is 6.52. The smallest absolute Gasteiger partial charge is 0.167 e. The van der Waals surface area contributed by atoms with Gasteiger partial charge in [0.05, 0.1) is 17.6 Å². The fourth-order valence-electron chi connectivity index (χ4n) is 2.62. The molecule has 2 atom stereocenters. The van der Waals surface area contributed by atoms with E-state index in [-0.39, 0.29) is 6.04 Å². The van der Waals surface area contributed by atoms with Crippen molar-refractivity contribution in [2.45, 2.75) is 19.4 Å². The number of benzene rings is 1. The van der Waals surface area contributed by atoms with E-state index < -0.39 is 0 Å². The van der Waals surface area contributed by atoms with E-state index in [1.165, 1.54) is 23.1 Å². The largest absolute Gasteiger partial charge is 0.411 e.